The molecule has 0 fully saturated rings. The van der Waals surface area contributed by atoms with Gasteiger partial charge in [-0.1, -0.05) is 13.0 Å². The third-order valence-electron chi connectivity index (χ3n) is 2.53. The van der Waals surface area contributed by atoms with Gasteiger partial charge < -0.3 is 10.4 Å². The summed E-state index contributed by atoms with van der Waals surface area (Å²) < 4.78 is 0. The van der Waals surface area contributed by atoms with Gasteiger partial charge in [0.15, 0.2) is 0 Å². The average Bonchev–Trinajstić information content (AvgIpc) is 2.34. The molecule has 90 valence electrons. The van der Waals surface area contributed by atoms with Crippen molar-refractivity contribution in [3.05, 3.63) is 23.9 Å². The Bertz CT molecular complexity index is 304. The van der Waals surface area contributed by atoms with E-state index in [1.165, 1.54) is 0 Å². The van der Waals surface area contributed by atoms with Gasteiger partial charge >= 0.3 is 0 Å². The lowest BCUT2D eigenvalue weighted by Gasteiger charge is -2.19. The van der Waals surface area contributed by atoms with Gasteiger partial charge in [0.25, 0.3) is 0 Å². The minimum absolute atomic E-state index is 0.250. The number of rotatable bonds is 7. The second kappa shape index (κ2) is 7.19. The number of hydrogen-bond donors (Lipinski definition) is 2. The lowest BCUT2D eigenvalue weighted by Crippen LogP contribution is -2.25. The number of pyridine rings is 1. The zero-order valence-corrected chi connectivity index (χ0v) is 10.1. The van der Waals surface area contributed by atoms with Crippen LogP contribution >= 0.6 is 0 Å². The Hall–Kier alpha value is -1.13. The molecule has 4 nitrogen and oxygen atoms in total. The number of aliphatic hydroxyl groups is 1. The zero-order chi connectivity index (χ0) is 11.8. The highest BCUT2D eigenvalue weighted by atomic mass is 16.3. The number of aliphatic hydroxyl groups excluding tert-OH is 1. The molecule has 0 unspecified atom stereocenters. The Labute approximate surface area is 97.3 Å². The largest absolute Gasteiger partial charge is 0.396 e. The molecule has 0 spiro atoms. The third-order valence-corrected chi connectivity index (χ3v) is 2.53. The molecule has 1 aromatic rings. The molecule has 0 saturated carbocycles. The molecule has 0 aliphatic carbocycles. The van der Waals surface area contributed by atoms with Crippen LogP contribution in [0, 0.1) is 0 Å². The van der Waals surface area contributed by atoms with Crippen LogP contribution in [0.2, 0.25) is 0 Å². The summed E-state index contributed by atoms with van der Waals surface area (Å²) >= 11 is 0. The Morgan fingerprint density at radius 2 is 2.25 bits per heavy atom. The van der Waals surface area contributed by atoms with E-state index >= 15 is 0 Å². The van der Waals surface area contributed by atoms with Crippen molar-refractivity contribution in [2.24, 2.45) is 0 Å². The van der Waals surface area contributed by atoms with E-state index in [1.807, 2.05) is 25.2 Å². The smallest absolute Gasteiger partial charge is 0.126 e. The molecule has 0 aliphatic heterocycles. The molecule has 1 heterocycles. The van der Waals surface area contributed by atoms with E-state index in [1.54, 1.807) is 0 Å². The van der Waals surface area contributed by atoms with Gasteiger partial charge in [0, 0.05) is 26.7 Å². The van der Waals surface area contributed by atoms with Crippen LogP contribution in [0.1, 0.15) is 19.0 Å². The van der Waals surface area contributed by atoms with Crippen molar-refractivity contribution in [2.45, 2.75) is 19.9 Å². The van der Waals surface area contributed by atoms with Crippen LogP contribution in [0.4, 0.5) is 5.82 Å². The molecule has 1 rings (SSSR count). The van der Waals surface area contributed by atoms with Gasteiger partial charge in [-0.05, 0) is 25.1 Å². The summed E-state index contributed by atoms with van der Waals surface area (Å²) in [5.41, 5.74) is 1.06. The van der Waals surface area contributed by atoms with Crippen LogP contribution in [0.15, 0.2) is 18.2 Å². The molecular formula is C12H21N3O. The van der Waals surface area contributed by atoms with Gasteiger partial charge in [0.1, 0.15) is 5.82 Å². The van der Waals surface area contributed by atoms with Crippen LogP contribution < -0.4 is 5.32 Å². The van der Waals surface area contributed by atoms with Gasteiger partial charge in [-0.15, -0.1) is 0 Å². The first-order valence-electron chi connectivity index (χ1n) is 5.77. The quantitative estimate of drug-likeness (QED) is 0.732. The molecule has 0 amide bonds. The fourth-order valence-corrected chi connectivity index (χ4v) is 1.58. The molecule has 0 saturated heterocycles. The third kappa shape index (κ3) is 4.16. The van der Waals surface area contributed by atoms with Crippen LogP contribution in [-0.4, -0.2) is 41.7 Å². The van der Waals surface area contributed by atoms with Crippen LogP contribution in [0.5, 0.6) is 0 Å². The van der Waals surface area contributed by atoms with Gasteiger partial charge in [-0.3, -0.25) is 4.90 Å². The normalized spacial score (nSPS) is 10.8. The monoisotopic (exact) mass is 223 g/mol. The van der Waals surface area contributed by atoms with Crippen molar-refractivity contribution in [1.29, 1.82) is 0 Å². The molecule has 4 heteroatoms. The molecule has 2 N–H and O–H groups in total. The highest BCUT2D eigenvalue weighted by Crippen LogP contribution is 2.07. The molecule has 0 aromatic carbocycles. The summed E-state index contributed by atoms with van der Waals surface area (Å²) in [5, 5.41) is 11.8. The van der Waals surface area contributed by atoms with Gasteiger partial charge in [0.2, 0.25) is 0 Å². The predicted molar refractivity (Wildman–Crippen MR) is 66.4 cm³/mol. The van der Waals surface area contributed by atoms with E-state index in [0.717, 1.165) is 37.6 Å². The number of hydrogen-bond acceptors (Lipinski definition) is 4. The van der Waals surface area contributed by atoms with Gasteiger partial charge in [-0.25, -0.2) is 4.98 Å². The standard InChI is InChI=1S/C12H21N3O/c1-3-15(8-5-9-16)10-11-6-4-7-12(13-2)14-11/h4,6-7,16H,3,5,8-10H2,1-2H3,(H,13,14). The highest BCUT2D eigenvalue weighted by Gasteiger charge is 2.04. The van der Waals surface area contributed by atoms with Gasteiger partial charge in [-0.2, -0.15) is 0 Å². The fraction of sp³-hybridized carbons (Fsp3) is 0.583. The summed E-state index contributed by atoms with van der Waals surface area (Å²) in [5.74, 6) is 0.899. The average molecular weight is 223 g/mol. The highest BCUT2D eigenvalue weighted by molar-refractivity contribution is 5.34. The SMILES string of the molecule is CCN(CCCO)Cc1cccc(NC)n1. The van der Waals surface area contributed by atoms with E-state index in [-0.39, 0.29) is 6.61 Å². The molecule has 0 atom stereocenters. The van der Waals surface area contributed by atoms with Crippen molar-refractivity contribution in [3.8, 4) is 0 Å². The maximum Gasteiger partial charge on any atom is 0.126 e. The molecule has 0 aliphatic rings. The van der Waals surface area contributed by atoms with Crippen molar-refractivity contribution in [1.82, 2.24) is 9.88 Å². The van der Waals surface area contributed by atoms with E-state index in [4.69, 9.17) is 5.11 Å². The molecule has 0 radical (unpaired) electrons. The minimum atomic E-state index is 0.250. The second-order valence-corrected chi connectivity index (χ2v) is 3.71. The van der Waals surface area contributed by atoms with Crippen LogP contribution in [0.3, 0.4) is 0 Å². The first kappa shape index (κ1) is 12.9. The first-order valence-corrected chi connectivity index (χ1v) is 5.77. The van der Waals surface area contributed by atoms with E-state index in [0.29, 0.717) is 0 Å². The number of anilines is 1. The summed E-state index contributed by atoms with van der Waals surface area (Å²) in [6.07, 6.45) is 0.819. The van der Waals surface area contributed by atoms with Crippen molar-refractivity contribution in [3.63, 3.8) is 0 Å². The minimum Gasteiger partial charge on any atom is -0.396 e. The first-order chi connectivity index (χ1) is 7.80. The number of nitrogens with zero attached hydrogens (tertiary/aromatic N) is 2. The zero-order valence-electron chi connectivity index (χ0n) is 10.1. The Morgan fingerprint density at radius 3 is 2.88 bits per heavy atom. The van der Waals surface area contributed by atoms with Crippen molar-refractivity contribution in [2.75, 3.05) is 32.1 Å². The molecule has 0 bridgehead atoms. The van der Waals surface area contributed by atoms with Crippen molar-refractivity contribution < 1.29 is 5.11 Å². The summed E-state index contributed by atoms with van der Waals surface area (Å²) in [6, 6.07) is 5.99. The summed E-state index contributed by atoms with van der Waals surface area (Å²) in [6.45, 7) is 5.11. The predicted octanol–water partition coefficient (Wildman–Crippen LogP) is 1.33. The van der Waals surface area contributed by atoms with Crippen LogP contribution in [-0.2, 0) is 6.54 Å². The molecular weight excluding hydrogens is 202 g/mol. The molecule has 1 aromatic heterocycles. The Balaban J connectivity index is 2.55. The topological polar surface area (TPSA) is 48.4 Å². The Kier molecular flexibility index (Phi) is 5.82. The van der Waals surface area contributed by atoms with E-state index in [9.17, 15) is 0 Å². The maximum absolute atomic E-state index is 8.81. The summed E-state index contributed by atoms with van der Waals surface area (Å²) in [4.78, 5) is 6.75. The summed E-state index contributed by atoms with van der Waals surface area (Å²) in [7, 11) is 1.87. The second-order valence-electron chi connectivity index (χ2n) is 3.71. The lowest BCUT2D eigenvalue weighted by molar-refractivity contribution is 0.224. The Morgan fingerprint density at radius 1 is 1.44 bits per heavy atom. The maximum atomic E-state index is 8.81. The molecule has 16 heavy (non-hydrogen) atoms. The van der Waals surface area contributed by atoms with E-state index < -0.39 is 0 Å². The number of nitrogens with one attached hydrogen (secondary N) is 1. The van der Waals surface area contributed by atoms with Crippen LogP contribution in [0.25, 0.3) is 0 Å². The fourth-order valence-electron chi connectivity index (χ4n) is 1.58. The van der Waals surface area contributed by atoms with Gasteiger partial charge in [0.05, 0.1) is 5.69 Å². The number of aromatic nitrogens is 1. The lowest BCUT2D eigenvalue weighted by atomic mass is 10.3. The van der Waals surface area contributed by atoms with E-state index in [2.05, 4.69) is 22.1 Å². The van der Waals surface area contributed by atoms with Crippen molar-refractivity contribution >= 4 is 5.82 Å².